The number of rotatable bonds is 7. The van der Waals surface area contributed by atoms with Gasteiger partial charge in [0.15, 0.2) is 8.07 Å². The topological polar surface area (TPSA) is 8.17 Å². The maximum atomic E-state index is 2.50. The summed E-state index contributed by atoms with van der Waals surface area (Å²) in [6.07, 6.45) is 0. The maximum absolute atomic E-state index is 2.67. The molecule has 2 aliphatic carbocycles. The van der Waals surface area contributed by atoms with Gasteiger partial charge in [0, 0.05) is 33.4 Å². The zero-order valence-corrected chi connectivity index (χ0v) is 42.6. The van der Waals surface area contributed by atoms with Crippen molar-refractivity contribution in [1.29, 1.82) is 0 Å². The van der Waals surface area contributed by atoms with Crippen LogP contribution in [0.25, 0.3) is 72.0 Å². The Morgan fingerprint density at radius 3 is 1.39 bits per heavy atom. The molecule has 354 valence electrons. The standard InChI is InChI=1S/C73H48N2Si/c1-2-21-54(22-3-1)76(70-38-16-9-28-60(70)61-29-10-17-39-71(61)76)55-23-18-20-50(48-55)49-40-42-51(43-41-49)74(52-44-46-53(47-45-52)75-67-35-14-7-26-58(67)59-27-8-15-36-68(59)75)69-37-19-34-66-72(69)62-30-6-13-33-65(62)73(66)63-31-11-4-24-56(63)57-25-5-12-32-64(57)73/h1-48H. The smallest absolute Gasteiger partial charge is 0.180 e. The number of fused-ring (bicyclic) bond motifs is 16. The molecule has 1 aliphatic heterocycles. The molecule has 2 nitrogen and oxygen atoms in total. The van der Waals surface area contributed by atoms with Crippen LogP contribution in [0.4, 0.5) is 17.1 Å². The Labute approximate surface area is 443 Å². The molecular weight excluding hydrogens is 933 g/mol. The molecule has 3 aliphatic rings. The first-order valence-corrected chi connectivity index (χ1v) is 28.5. The van der Waals surface area contributed by atoms with E-state index in [9.17, 15) is 0 Å². The minimum Gasteiger partial charge on any atom is -0.310 e. The van der Waals surface area contributed by atoms with E-state index in [4.69, 9.17) is 0 Å². The van der Waals surface area contributed by atoms with Crippen LogP contribution >= 0.6 is 0 Å². The number of hydrogen-bond acceptors (Lipinski definition) is 1. The molecule has 12 aromatic carbocycles. The molecule has 0 saturated carbocycles. The van der Waals surface area contributed by atoms with Crippen molar-refractivity contribution in [2.24, 2.45) is 0 Å². The van der Waals surface area contributed by atoms with Crippen LogP contribution in [0.15, 0.2) is 291 Å². The van der Waals surface area contributed by atoms with E-state index in [1.54, 1.807) is 0 Å². The maximum Gasteiger partial charge on any atom is 0.180 e. The van der Waals surface area contributed by atoms with E-state index in [0.29, 0.717) is 0 Å². The monoisotopic (exact) mass is 980 g/mol. The normalized spacial score (nSPS) is 13.7. The largest absolute Gasteiger partial charge is 0.310 e. The van der Waals surface area contributed by atoms with Gasteiger partial charge in [-0.05, 0) is 137 Å². The summed E-state index contributed by atoms with van der Waals surface area (Å²) >= 11 is 0. The average molecular weight is 981 g/mol. The Balaban J connectivity index is 0.881. The lowest BCUT2D eigenvalue weighted by Crippen LogP contribution is -2.72. The molecule has 0 N–H and O–H groups in total. The van der Waals surface area contributed by atoms with Gasteiger partial charge in [-0.1, -0.05) is 237 Å². The number of nitrogens with zero attached hydrogens (tertiary/aromatic N) is 2. The average Bonchev–Trinajstić information content (AvgIpc) is 4.33. The van der Waals surface area contributed by atoms with Crippen LogP contribution in [0, 0.1) is 0 Å². The molecule has 16 rings (SSSR count). The highest BCUT2D eigenvalue weighted by molar-refractivity contribution is 7.22. The summed E-state index contributed by atoms with van der Waals surface area (Å²) in [5, 5.41) is 8.23. The predicted molar refractivity (Wildman–Crippen MR) is 320 cm³/mol. The molecule has 76 heavy (non-hydrogen) atoms. The van der Waals surface area contributed by atoms with Crippen molar-refractivity contribution in [3.63, 3.8) is 0 Å². The van der Waals surface area contributed by atoms with Crippen LogP contribution in [0.1, 0.15) is 22.3 Å². The molecule has 1 spiro atoms. The fourth-order valence-corrected chi connectivity index (χ4v) is 19.4. The lowest BCUT2D eigenvalue weighted by molar-refractivity contribution is 0.794. The summed E-state index contributed by atoms with van der Waals surface area (Å²) in [6, 6.07) is 109. The van der Waals surface area contributed by atoms with Crippen LogP contribution in [0.5, 0.6) is 0 Å². The molecule has 3 heteroatoms. The van der Waals surface area contributed by atoms with Gasteiger partial charge < -0.3 is 9.47 Å². The molecule has 1 aromatic heterocycles. The van der Waals surface area contributed by atoms with E-state index in [2.05, 4.69) is 301 Å². The lowest BCUT2D eigenvalue weighted by Gasteiger charge is -2.32. The molecule has 13 aromatic rings. The van der Waals surface area contributed by atoms with Crippen molar-refractivity contribution in [1.82, 2.24) is 4.57 Å². The minimum absolute atomic E-state index is 0.461. The van der Waals surface area contributed by atoms with Crippen LogP contribution in [0.2, 0.25) is 0 Å². The summed E-state index contributed by atoms with van der Waals surface area (Å²) in [5.74, 6) is 0. The van der Waals surface area contributed by atoms with E-state index in [-0.39, 0.29) is 0 Å². The first-order valence-electron chi connectivity index (χ1n) is 26.5. The van der Waals surface area contributed by atoms with Crippen molar-refractivity contribution >= 4 is 67.7 Å². The van der Waals surface area contributed by atoms with Crippen LogP contribution in [-0.4, -0.2) is 12.6 Å². The van der Waals surface area contributed by atoms with Gasteiger partial charge in [-0.15, -0.1) is 0 Å². The zero-order valence-electron chi connectivity index (χ0n) is 41.6. The third-order valence-electron chi connectivity index (χ3n) is 17.1. The van der Waals surface area contributed by atoms with Crippen LogP contribution in [0.3, 0.4) is 0 Å². The first-order chi connectivity index (χ1) is 37.7. The van der Waals surface area contributed by atoms with E-state index in [1.807, 2.05) is 0 Å². The van der Waals surface area contributed by atoms with Gasteiger partial charge in [0.1, 0.15) is 0 Å². The van der Waals surface area contributed by atoms with E-state index < -0.39 is 13.5 Å². The van der Waals surface area contributed by atoms with Gasteiger partial charge in [-0.3, -0.25) is 0 Å². The van der Waals surface area contributed by atoms with Crippen molar-refractivity contribution < 1.29 is 0 Å². The third-order valence-corrected chi connectivity index (χ3v) is 22.0. The molecule has 0 atom stereocenters. The highest BCUT2D eigenvalue weighted by Crippen LogP contribution is 2.64. The number of para-hydroxylation sites is 2. The van der Waals surface area contributed by atoms with E-state index in [1.165, 1.54) is 109 Å². The second-order valence-electron chi connectivity index (χ2n) is 20.6. The Morgan fingerprint density at radius 1 is 0.316 bits per heavy atom. The quantitative estimate of drug-likeness (QED) is 0.145. The lowest BCUT2D eigenvalue weighted by atomic mass is 9.70. The SMILES string of the molecule is c1ccc([Si]2(c3cccc(-c4ccc(N(c5ccc(-n6c7ccccc7c7ccccc76)cc5)c5cccc6c5-c5ccccc5C65c6ccccc6-c6ccccc65)cc4)c3)c3ccccc3-c3ccccc32)cc1. The van der Waals surface area contributed by atoms with Gasteiger partial charge in [0.25, 0.3) is 0 Å². The number of hydrogen-bond donors (Lipinski definition) is 0. The summed E-state index contributed by atoms with van der Waals surface area (Å²) in [6.45, 7) is 0. The van der Waals surface area contributed by atoms with Crippen molar-refractivity contribution in [2.75, 3.05) is 4.90 Å². The molecule has 0 saturated heterocycles. The summed E-state index contributed by atoms with van der Waals surface area (Å²) in [5.41, 5.74) is 22.0. The van der Waals surface area contributed by atoms with Gasteiger partial charge in [-0.2, -0.15) is 0 Å². The number of benzene rings is 12. The van der Waals surface area contributed by atoms with Gasteiger partial charge >= 0.3 is 0 Å². The van der Waals surface area contributed by atoms with E-state index >= 15 is 0 Å². The predicted octanol–water partition coefficient (Wildman–Crippen LogP) is 15.6. The van der Waals surface area contributed by atoms with Crippen LogP contribution in [-0.2, 0) is 5.41 Å². The highest BCUT2D eigenvalue weighted by atomic mass is 28.3. The molecule has 0 amide bonds. The molecular formula is C73H48N2Si. The van der Waals surface area contributed by atoms with Crippen molar-refractivity contribution in [3.05, 3.63) is 313 Å². The number of aromatic nitrogens is 1. The Bertz CT molecular complexity index is 4330. The fraction of sp³-hybridized carbons (Fsp3) is 0.0137. The van der Waals surface area contributed by atoms with Gasteiger partial charge in [0.2, 0.25) is 0 Å². The molecule has 0 bridgehead atoms. The fourth-order valence-electron chi connectivity index (χ4n) is 14.1. The third kappa shape index (κ3) is 5.80. The second-order valence-corrected chi connectivity index (χ2v) is 24.4. The first kappa shape index (κ1) is 42.9. The molecule has 0 unspecified atom stereocenters. The summed E-state index contributed by atoms with van der Waals surface area (Å²) in [7, 11) is -2.67. The summed E-state index contributed by atoms with van der Waals surface area (Å²) < 4.78 is 2.41. The van der Waals surface area contributed by atoms with Crippen molar-refractivity contribution in [3.8, 4) is 50.2 Å². The van der Waals surface area contributed by atoms with Gasteiger partial charge in [0.05, 0.1) is 22.1 Å². The van der Waals surface area contributed by atoms with Gasteiger partial charge in [-0.25, -0.2) is 0 Å². The number of anilines is 3. The van der Waals surface area contributed by atoms with Crippen LogP contribution < -0.4 is 25.6 Å². The van der Waals surface area contributed by atoms with E-state index in [0.717, 1.165) is 22.7 Å². The Hall–Kier alpha value is -9.54. The van der Waals surface area contributed by atoms with Crippen molar-refractivity contribution in [2.45, 2.75) is 5.41 Å². The summed E-state index contributed by atoms with van der Waals surface area (Å²) in [4.78, 5) is 2.50. The Kier molecular flexibility index (Phi) is 9.31. The zero-order chi connectivity index (χ0) is 50.0. The highest BCUT2D eigenvalue weighted by Gasteiger charge is 2.53. The Morgan fingerprint density at radius 2 is 0.776 bits per heavy atom. The minimum atomic E-state index is -2.67. The second kappa shape index (κ2) is 16.5. The molecule has 2 heterocycles. The molecule has 0 fully saturated rings. The molecule has 0 radical (unpaired) electrons.